The van der Waals surface area contributed by atoms with E-state index in [1.807, 2.05) is 83.3 Å². The number of benzene rings is 3. The van der Waals surface area contributed by atoms with E-state index in [0.717, 1.165) is 11.1 Å². The van der Waals surface area contributed by atoms with Gasteiger partial charge in [-0.1, -0.05) is 83.3 Å². The summed E-state index contributed by atoms with van der Waals surface area (Å²) in [5, 5.41) is 2.72. The molecule has 1 aliphatic heterocycles. The molecule has 1 N–H and O–H groups in total. The molecule has 160 valence electrons. The van der Waals surface area contributed by atoms with Gasteiger partial charge in [0.1, 0.15) is 13.2 Å². The molecule has 0 unspecified atom stereocenters. The molecule has 0 saturated heterocycles. The van der Waals surface area contributed by atoms with E-state index in [1.54, 1.807) is 4.08 Å². The highest BCUT2D eigenvalue weighted by Gasteiger charge is 2.30. The first kappa shape index (κ1) is 21.8. The molecule has 1 heterocycles. The van der Waals surface area contributed by atoms with Crippen LogP contribution >= 0.6 is 22.6 Å². The number of rotatable bonds is 6. The van der Waals surface area contributed by atoms with Crippen molar-refractivity contribution in [3.8, 4) is 0 Å². The minimum atomic E-state index is -0.676. The predicted octanol–water partition coefficient (Wildman–Crippen LogP) is 5.13. The topological polar surface area (TPSA) is 81.7 Å². The van der Waals surface area contributed by atoms with E-state index in [9.17, 15) is 14.4 Å². The lowest BCUT2D eigenvalue weighted by Crippen LogP contribution is -2.15. The summed E-state index contributed by atoms with van der Waals surface area (Å²) in [5.74, 6) is -1.65. The lowest BCUT2D eigenvalue weighted by atomic mass is 10.00. The molecule has 0 atom stereocenters. The van der Waals surface area contributed by atoms with Gasteiger partial charge in [-0.05, 0) is 27.3 Å². The molecule has 4 rings (SSSR count). The number of ether oxygens (including phenoxy) is 2. The largest absolute Gasteiger partial charge is 0.457 e. The van der Waals surface area contributed by atoms with Gasteiger partial charge in [-0.25, -0.2) is 9.59 Å². The van der Waals surface area contributed by atoms with Crippen molar-refractivity contribution in [3.05, 3.63) is 105 Å². The Morgan fingerprint density at radius 2 is 1.31 bits per heavy atom. The lowest BCUT2D eigenvalue weighted by molar-refractivity contribution is -0.110. The Morgan fingerprint density at radius 1 is 0.812 bits per heavy atom. The first-order chi connectivity index (χ1) is 15.6. The van der Waals surface area contributed by atoms with Gasteiger partial charge in [0, 0.05) is 5.56 Å². The molecule has 3 aromatic rings. The molecular weight excluding hydrogens is 521 g/mol. The highest BCUT2D eigenvalue weighted by Crippen LogP contribution is 2.35. The van der Waals surface area contributed by atoms with Crippen molar-refractivity contribution in [2.45, 2.75) is 13.2 Å². The maximum absolute atomic E-state index is 12.9. The molecular formula is C25H18INO5. The summed E-state index contributed by atoms with van der Waals surface area (Å²) in [5.41, 5.74) is 3.12. The summed E-state index contributed by atoms with van der Waals surface area (Å²) in [7, 11) is 0. The minimum absolute atomic E-state index is 0.0350. The first-order valence-corrected chi connectivity index (χ1v) is 11.0. The van der Waals surface area contributed by atoms with Crippen molar-refractivity contribution in [2.75, 3.05) is 5.32 Å². The Balaban J connectivity index is 1.63. The monoisotopic (exact) mass is 539 g/mol. The summed E-state index contributed by atoms with van der Waals surface area (Å²) in [6.45, 7) is 0.113. The first-order valence-electron chi connectivity index (χ1n) is 9.79. The summed E-state index contributed by atoms with van der Waals surface area (Å²) < 4.78 is 12.5. The number of nitrogens with one attached hydrogen (secondary N) is 1. The Kier molecular flexibility index (Phi) is 6.65. The van der Waals surface area contributed by atoms with Crippen LogP contribution in [0.25, 0.3) is 5.57 Å². The van der Waals surface area contributed by atoms with Gasteiger partial charge in [-0.15, -0.1) is 0 Å². The number of halogens is 1. The number of carbonyl (C=O) groups excluding carboxylic acids is 3. The molecule has 6 nitrogen and oxygen atoms in total. The fourth-order valence-electron chi connectivity index (χ4n) is 3.29. The molecule has 0 aromatic heterocycles. The third kappa shape index (κ3) is 4.72. The Hall–Kier alpha value is -3.46. The van der Waals surface area contributed by atoms with E-state index in [2.05, 4.69) is 5.32 Å². The van der Waals surface area contributed by atoms with E-state index in [1.165, 1.54) is 12.1 Å². The van der Waals surface area contributed by atoms with Gasteiger partial charge in [0.25, 0.3) is 5.91 Å². The SMILES string of the molecule is O=C1Nc2cc(C(=O)OCc3ccccc3)c(C(=O)OCc3ccccc3)cc2/C1=C\I. The van der Waals surface area contributed by atoms with Crippen LogP contribution in [0.1, 0.15) is 37.4 Å². The van der Waals surface area contributed by atoms with Crippen molar-refractivity contribution in [1.82, 2.24) is 0 Å². The number of esters is 2. The number of amides is 1. The fourth-order valence-corrected chi connectivity index (χ4v) is 3.90. The fraction of sp³-hybridized carbons (Fsp3) is 0.0800. The van der Waals surface area contributed by atoms with Crippen LogP contribution in [-0.4, -0.2) is 17.8 Å². The second-order valence-corrected chi connectivity index (χ2v) is 7.67. The lowest BCUT2D eigenvalue weighted by Gasteiger charge is -2.12. The van der Waals surface area contributed by atoms with Crippen molar-refractivity contribution in [3.63, 3.8) is 0 Å². The van der Waals surface area contributed by atoms with Crippen LogP contribution in [0.5, 0.6) is 0 Å². The zero-order valence-corrected chi connectivity index (χ0v) is 19.0. The summed E-state index contributed by atoms with van der Waals surface area (Å²) in [4.78, 5) is 38.1. The Labute approximate surface area is 198 Å². The smallest absolute Gasteiger partial charge is 0.339 e. The number of hydrogen-bond acceptors (Lipinski definition) is 5. The van der Waals surface area contributed by atoms with Gasteiger partial charge in [0.15, 0.2) is 0 Å². The highest BCUT2D eigenvalue weighted by molar-refractivity contribution is 14.1. The summed E-state index contributed by atoms with van der Waals surface area (Å²) in [6.07, 6.45) is 0. The van der Waals surface area contributed by atoms with Gasteiger partial charge in [-0.2, -0.15) is 0 Å². The van der Waals surface area contributed by atoms with E-state index >= 15 is 0 Å². The molecule has 0 aliphatic carbocycles. The van der Waals surface area contributed by atoms with E-state index in [0.29, 0.717) is 16.8 Å². The second kappa shape index (κ2) is 9.78. The van der Waals surface area contributed by atoms with Crippen molar-refractivity contribution in [1.29, 1.82) is 0 Å². The molecule has 1 aliphatic rings. The Bertz CT molecular complexity index is 1210. The second-order valence-electron chi connectivity index (χ2n) is 7.04. The van der Waals surface area contributed by atoms with Gasteiger partial charge in [0.2, 0.25) is 0 Å². The van der Waals surface area contributed by atoms with Crippen LogP contribution in [0.4, 0.5) is 5.69 Å². The standard InChI is InChI=1S/C25H18INO5/c26-13-21-18-11-19(24(29)31-14-16-7-3-1-4-8-16)20(12-22(18)27-23(21)28)25(30)32-15-17-9-5-2-6-10-17/h1-13H,14-15H2,(H,27,28)/b21-13+. The number of carbonyl (C=O) groups is 3. The van der Waals surface area contributed by atoms with Gasteiger partial charge in [-0.3, -0.25) is 4.79 Å². The third-order valence-corrected chi connectivity index (χ3v) is 5.54. The van der Waals surface area contributed by atoms with Crippen LogP contribution in [-0.2, 0) is 27.5 Å². The molecule has 1 amide bonds. The molecule has 0 bridgehead atoms. The molecule has 7 heteroatoms. The molecule has 0 spiro atoms. The maximum Gasteiger partial charge on any atom is 0.339 e. The molecule has 0 radical (unpaired) electrons. The molecule has 0 fully saturated rings. The number of anilines is 1. The van der Waals surface area contributed by atoms with Gasteiger partial charge >= 0.3 is 11.9 Å². The van der Waals surface area contributed by atoms with Crippen molar-refractivity contribution < 1.29 is 23.9 Å². The molecule has 3 aromatic carbocycles. The Morgan fingerprint density at radius 3 is 1.81 bits per heavy atom. The van der Waals surface area contributed by atoms with E-state index < -0.39 is 11.9 Å². The number of hydrogen-bond donors (Lipinski definition) is 1. The third-order valence-electron chi connectivity index (χ3n) is 4.92. The van der Waals surface area contributed by atoms with Crippen LogP contribution in [0.3, 0.4) is 0 Å². The quantitative estimate of drug-likeness (QED) is 0.267. The maximum atomic E-state index is 12.9. The highest BCUT2D eigenvalue weighted by atomic mass is 127. The van der Waals surface area contributed by atoms with Gasteiger partial charge in [0.05, 0.1) is 22.4 Å². The summed E-state index contributed by atoms with van der Waals surface area (Å²) >= 11 is 1.97. The normalized spacial score (nSPS) is 13.4. The van der Waals surface area contributed by atoms with Crippen LogP contribution in [0.15, 0.2) is 76.9 Å². The van der Waals surface area contributed by atoms with Crippen molar-refractivity contribution in [2.24, 2.45) is 0 Å². The molecule has 32 heavy (non-hydrogen) atoms. The van der Waals surface area contributed by atoms with Crippen LogP contribution in [0.2, 0.25) is 0 Å². The zero-order chi connectivity index (χ0) is 22.5. The van der Waals surface area contributed by atoms with Crippen molar-refractivity contribution >= 4 is 51.7 Å². The predicted molar refractivity (Wildman–Crippen MR) is 128 cm³/mol. The van der Waals surface area contributed by atoms with Crippen LogP contribution in [0, 0.1) is 0 Å². The zero-order valence-electron chi connectivity index (χ0n) is 16.8. The molecule has 0 saturated carbocycles. The average molecular weight is 539 g/mol. The van der Waals surface area contributed by atoms with Crippen LogP contribution < -0.4 is 5.32 Å². The average Bonchev–Trinajstić information content (AvgIpc) is 3.15. The van der Waals surface area contributed by atoms with E-state index in [4.69, 9.17) is 9.47 Å². The number of fused-ring (bicyclic) bond motifs is 1. The summed E-state index contributed by atoms with van der Waals surface area (Å²) in [6, 6.07) is 21.4. The van der Waals surface area contributed by atoms with Gasteiger partial charge < -0.3 is 14.8 Å². The minimum Gasteiger partial charge on any atom is -0.457 e. The van der Waals surface area contributed by atoms with E-state index in [-0.39, 0.29) is 30.2 Å².